The number of halogens is 1. The van der Waals surface area contributed by atoms with E-state index in [0.29, 0.717) is 11.6 Å². The molecule has 0 atom stereocenters. The number of fused-ring (bicyclic) bond motifs is 1. The second kappa shape index (κ2) is 5.41. The molecule has 0 saturated carbocycles. The van der Waals surface area contributed by atoms with Crippen molar-refractivity contribution >= 4 is 32.5 Å². The first kappa shape index (κ1) is 13.9. The molecule has 5 heteroatoms. The Balaban J connectivity index is 2.28. The molecular formula is C16H15BrN4. The van der Waals surface area contributed by atoms with Crippen molar-refractivity contribution in [3.05, 3.63) is 46.7 Å². The highest BCUT2D eigenvalue weighted by Crippen LogP contribution is 2.31. The van der Waals surface area contributed by atoms with E-state index >= 15 is 0 Å². The van der Waals surface area contributed by atoms with Gasteiger partial charge < -0.3 is 5.73 Å². The molecule has 2 N–H and O–H groups in total. The van der Waals surface area contributed by atoms with Crippen molar-refractivity contribution in [1.82, 2.24) is 15.0 Å². The summed E-state index contributed by atoms with van der Waals surface area (Å²) in [5.41, 5.74) is 7.67. The third-order valence-electron chi connectivity index (χ3n) is 3.33. The van der Waals surface area contributed by atoms with Crippen LogP contribution >= 0.6 is 15.9 Å². The largest absolute Gasteiger partial charge is 0.383 e. The molecule has 0 aliphatic heterocycles. The van der Waals surface area contributed by atoms with E-state index in [1.807, 2.05) is 30.3 Å². The molecule has 0 unspecified atom stereocenters. The van der Waals surface area contributed by atoms with Gasteiger partial charge in [-0.3, -0.25) is 4.98 Å². The topological polar surface area (TPSA) is 64.7 Å². The molecule has 0 radical (unpaired) electrons. The summed E-state index contributed by atoms with van der Waals surface area (Å²) in [7, 11) is 0. The van der Waals surface area contributed by atoms with Crippen LogP contribution in [0.15, 0.2) is 41.0 Å². The van der Waals surface area contributed by atoms with E-state index in [-0.39, 0.29) is 5.92 Å². The molecule has 0 saturated heterocycles. The highest BCUT2D eigenvalue weighted by Gasteiger charge is 2.16. The Morgan fingerprint density at radius 3 is 2.62 bits per heavy atom. The van der Waals surface area contributed by atoms with Crippen LogP contribution < -0.4 is 5.73 Å². The zero-order valence-corrected chi connectivity index (χ0v) is 13.4. The molecule has 1 aromatic carbocycles. The fourth-order valence-corrected chi connectivity index (χ4v) is 2.90. The zero-order chi connectivity index (χ0) is 15.0. The quantitative estimate of drug-likeness (QED) is 0.759. The van der Waals surface area contributed by atoms with E-state index in [4.69, 9.17) is 5.73 Å². The second-order valence-corrected chi connectivity index (χ2v) is 5.96. The molecule has 0 aliphatic carbocycles. The summed E-state index contributed by atoms with van der Waals surface area (Å²) in [6.07, 6.45) is 1.77. The lowest BCUT2D eigenvalue weighted by atomic mass is 10.1. The van der Waals surface area contributed by atoms with Gasteiger partial charge in [0.15, 0.2) is 5.82 Å². The minimum absolute atomic E-state index is 0.249. The van der Waals surface area contributed by atoms with E-state index in [2.05, 4.69) is 44.7 Å². The van der Waals surface area contributed by atoms with Crippen LogP contribution in [0.5, 0.6) is 0 Å². The predicted octanol–water partition coefficient (Wildman–Crippen LogP) is 4.16. The summed E-state index contributed by atoms with van der Waals surface area (Å²) in [6, 6.07) is 10.0. The van der Waals surface area contributed by atoms with Crippen LogP contribution in [0.4, 0.5) is 5.82 Å². The fraction of sp³-hybridized carbons (Fsp3) is 0.188. The lowest BCUT2D eigenvalue weighted by Crippen LogP contribution is -2.05. The Labute approximate surface area is 131 Å². The van der Waals surface area contributed by atoms with E-state index in [1.165, 1.54) is 0 Å². The van der Waals surface area contributed by atoms with Crippen LogP contribution in [-0.2, 0) is 0 Å². The highest BCUT2D eigenvalue weighted by molar-refractivity contribution is 9.10. The van der Waals surface area contributed by atoms with Crippen LogP contribution in [0.3, 0.4) is 0 Å². The smallest absolute Gasteiger partial charge is 0.181 e. The van der Waals surface area contributed by atoms with Gasteiger partial charge in [0.25, 0.3) is 0 Å². The van der Waals surface area contributed by atoms with Gasteiger partial charge in [-0.1, -0.05) is 38.1 Å². The number of hydrogen-bond donors (Lipinski definition) is 1. The molecule has 0 amide bonds. The van der Waals surface area contributed by atoms with Crippen LogP contribution in [0.2, 0.25) is 0 Å². The first-order valence-electron chi connectivity index (χ1n) is 6.75. The van der Waals surface area contributed by atoms with Gasteiger partial charge in [-0.25, -0.2) is 9.97 Å². The normalized spacial score (nSPS) is 11.2. The Morgan fingerprint density at radius 2 is 1.86 bits per heavy atom. The summed E-state index contributed by atoms with van der Waals surface area (Å²) in [4.78, 5) is 13.5. The van der Waals surface area contributed by atoms with Crippen molar-refractivity contribution in [2.24, 2.45) is 0 Å². The lowest BCUT2D eigenvalue weighted by Gasteiger charge is -2.12. The van der Waals surface area contributed by atoms with Gasteiger partial charge in [-0.2, -0.15) is 0 Å². The van der Waals surface area contributed by atoms with E-state index in [0.717, 1.165) is 26.6 Å². The van der Waals surface area contributed by atoms with Crippen LogP contribution in [0.25, 0.3) is 22.3 Å². The molecule has 0 spiro atoms. The summed E-state index contributed by atoms with van der Waals surface area (Å²) < 4.78 is 0.765. The number of hydrogen-bond acceptors (Lipinski definition) is 4. The average molecular weight is 343 g/mol. The lowest BCUT2D eigenvalue weighted by molar-refractivity contribution is 0.810. The Hall–Kier alpha value is -2.01. The second-order valence-electron chi connectivity index (χ2n) is 5.17. The maximum atomic E-state index is 6.01. The number of anilines is 1. The maximum Gasteiger partial charge on any atom is 0.181 e. The summed E-state index contributed by atoms with van der Waals surface area (Å²) in [5.74, 6) is 1.26. The van der Waals surface area contributed by atoms with E-state index < -0.39 is 0 Å². The van der Waals surface area contributed by atoms with Crippen LogP contribution in [-0.4, -0.2) is 15.0 Å². The van der Waals surface area contributed by atoms with Crippen molar-refractivity contribution < 1.29 is 0 Å². The molecule has 21 heavy (non-hydrogen) atoms. The van der Waals surface area contributed by atoms with Gasteiger partial charge in [-0.15, -0.1) is 0 Å². The third kappa shape index (κ3) is 2.49. The fourth-order valence-electron chi connectivity index (χ4n) is 2.27. The maximum absolute atomic E-state index is 6.01. The minimum atomic E-state index is 0.249. The zero-order valence-electron chi connectivity index (χ0n) is 11.8. The number of pyridine rings is 1. The van der Waals surface area contributed by atoms with Crippen LogP contribution in [0.1, 0.15) is 25.5 Å². The van der Waals surface area contributed by atoms with Gasteiger partial charge in [0.2, 0.25) is 0 Å². The number of nitrogens with zero attached hydrogens (tertiary/aromatic N) is 3. The molecule has 2 heterocycles. The number of nitrogen functional groups attached to an aromatic ring is 1. The standard InChI is InChI=1S/C16H15BrN4/c1-9(2)13-12(17)15(18)21-16(20-13)14-11-6-4-3-5-10(11)7-8-19-14/h3-9H,1-2H3,(H2,18,20,21). The van der Waals surface area contributed by atoms with Crippen molar-refractivity contribution in [3.8, 4) is 11.5 Å². The number of benzene rings is 1. The van der Waals surface area contributed by atoms with E-state index in [1.54, 1.807) is 6.20 Å². The Bertz CT molecular complexity index is 809. The first-order chi connectivity index (χ1) is 10.1. The molecule has 3 aromatic rings. The average Bonchev–Trinajstić information content (AvgIpc) is 2.49. The van der Waals surface area contributed by atoms with Gasteiger partial charge >= 0.3 is 0 Å². The summed E-state index contributed by atoms with van der Waals surface area (Å²) >= 11 is 3.47. The Kier molecular flexibility index (Phi) is 3.59. The van der Waals surface area contributed by atoms with Crippen molar-refractivity contribution in [2.75, 3.05) is 5.73 Å². The number of rotatable bonds is 2. The molecule has 0 aliphatic rings. The number of aromatic nitrogens is 3. The van der Waals surface area contributed by atoms with Crippen molar-refractivity contribution in [1.29, 1.82) is 0 Å². The summed E-state index contributed by atoms with van der Waals surface area (Å²) in [6.45, 7) is 4.15. The number of nitrogens with two attached hydrogens (primary N) is 1. The molecule has 3 rings (SSSR count). The highest BCUT2D eigenvalue weighted by atomic mass is 79.9. The van der Waals surface area contributed by atoms with Gasteiger partial charge in [0.05, 0.1) is 10.2 Å². The van der Waals surface area contributed by atoms with Gasteiger partial charge in [0, 0.05) is 11.6 Å². The first-order valence-corrected chi connectivity index (χ1v) is 7.54. The SMILES string of the molecule is CC(C)c1nc(-c2nccc3ccccc23)nc(N)c1Br. The summed E-state index contributed by atoms with van der Waals surface area (Å²) in [5, 5.41) is 2.13. The predicted molar refractivity (Wildman–Crippen MR) is 89.0 cm³/mol. The van der Waals surface area contributed by atoms with Gasteiger partial charge in [0.1, 0.15) is 11.5 Å². The Morgan fingerprint density at radius 1 is 1.10 bits per heavy atom. The molecule has 2 aromatic heterocycles. The molecular weight excluding hydrogens is 328 g/mol. The minimum Gasteiger partial charge on any atom is -0.383 e. The van der Waals surface area contributed by atoms with Crippen molar-refractivity contribution in [3.63, 3.8) is 0 Å². The molecule has 0 fully saturated rings. The third-order valence-corrected chi connectivity index (χ3v) is 4.15. The van der Waals surface area contributed by atoms with Crippen molar-refractivity contribution in [2.45, 2.75) is 19.8 Å². The molecule has 4 nitrogen and oxygen atoms in total. The monoisotopic (exact) mass is 342 g/mol. The molecule has 0 bridgehead atoms. The van der Waals surface area contributed by atoms with Gasteiger partial charge in [-0.05, 0) is 33.3 Å². The molecule has 106 valence electrons. The van der Waals surface area contributed by atoms with E-state index in [9.17, 15) is 0 Å². The van der Waals surface area contributed by atoms with Crippen LogP contribution in [0, 0.1) is 0 Å².